The van der Waals surface area contributed by atoms with Crippen LogP contribution in [0.15, 0.2) is 12.1 Å². The van der Waals surface area contributed by atoms with Gasteiger partial charge < -0.3 is 4.74 Å². The highest BCUT2D eigenvalue weighted by molar-refractivity contribution is 7.80. The summed E-state index contributed by atoms with van der Waals surface area (Å²) in [4.78, 5) is 2.14. The summed E-state index contributed by atoms with van der Waals surface area (Å²) in [5.74, 6) is 1.72. The van der Waals surface area contributed by atoms with Gasteiger partial charge in [0.15, 0.2) is 0 Å². The van der Waals surface area contributed by atoms with Gasteiger partial charge in [-0.25, -0.2) is 0 Å². The van der Waals surface area contributed by atoms with Crippen LogP contribution in [-0.2, 0) is 6.54 Å². The first-order chi connectivity index (χ1) is 7.08. The van der Waals surface area contributed by atoms with Gasteiger partial charge in [0.2, 0.25) is 0 Å². The molecule has 1 rings (SSSR count). The molecule has 0 heterocycles. The summed E-state index contributed by atoms with van der Waals surface area (Å²) < 4.78 is 5.40. The molecule has 0 atom stereocenters. The van der Waals surface area contributed by atoms with Crippen LogP contribution in [0.3, 0.4) is 0 Å². The van der Waals surface area contributed by atoms with Crippen LogP contribution in [-0.4, -0.2) is 24.9 Å². The second-order valence-electron chi connectivity index (χ2n) is 3.92. The van der Waals surface area contributed by atoms with E-state index in [1.165, 1.54) is 16.7 Å². The van der Waals surface area contributed by atoms with Crippen molar-refractivity contribution in [2.24, 2.45) is 0 Å². The second-order valence-corrected chi connectivity index (χ2v) is 4.20. The van der Waals surface area contributed by atoms with Crippen molar-refractivity contribution in [3.63, 3.8) is 0 Å². The number of ether oxygens (including phenoxy) is 1. The van der Waals surface area contributed by atoms with E-state index in [1.54, 1.807) is 7.11 Å². The molecule has 2 nitrogen and oxygen atoms in total. The number of aryl methyl sites for hydroxylation is 2. The maximum Gasteiger partial charge on any atom is 0.123 e. The quantitative estimate of drug-likeness (QED) is 0.625. The topological polar surface area (TPSA) is 12.5 Å². The van der Waals surface area contributed by atoms with Crippen LogP contribution in [0.1, 0.15) is 16.7 Å². The standard InChI is InChI=1S/C12H19NOS/c1-9-5-10(2)11(7-13(3)8-15)12(6-9)14-4/h5-6,15H,7-8H2,1-4H3. The van der Waals surface area contributed by atoms with E-state index in [0.717, 1.165) is 18.2 Å². The molecule has 0 unspecified atom stereocenters. The van der Waals surface area contributed by atoms with E-state index in [1.807, 2.05) is 7.05 Å². The first-order valence-electron chi connectivity index (χ1n) is 5.02. The number of thiol groups is 1. The third-order valence-electron chi connectivity index (χ3n) is 2.47. The van der Waals surface area contributed by atoms with E-state index in [-0.39, 0.29) is 0 Å². The zero-order valence-electron chi connectivity index (χ0n) is 9.87. The summed E-state index contributed by atoms with van der Waals surface area (Å²) in [7, 11) is 3.77. The molecule has 0 bridgehead atoms. The van der Waals surface area contributed by atoms with Crippen LogP contribution in [0.2, 0.25) is 0 Å². The minimum Gasteiger partial charge on any atom is -0.496 e. The summed E-state index contributed by atoms with van der Waals surface area (Å²) in [6.45, 7) is 5.08. The van der Waals surface area contributed by atoms with E-state index in [2.05, 4.69) is 43.5 Å². The number of benzene rings is 1. The third-order valence-corrected chi connectivity index (χ3v) is 2.95. The van der Waals surface area contributed by atoms with Gasteiger partial charge in [0, 0.05) is 18.0 Å². The van der Waals surface area contributed by atoms with Crippen LogP contribution in [0.25, 0.3) is 0 Å². The molecule has 0 aliphatic heterocycles. The Morgan fingerprint density at radius 3 is 2.53 bits per heavy atom. The van der Waals surface area contributed by atoms with Crippen LogP contribution in [0.4, 0.5) is 0 Å². The molecule has 0 radical (unpaired) electrons. The lowest BCUT2D eigenvalue weighted by Gasteiger charge is -2.18. The Morgan fingerprint density at radius 2 is 2.00 bits per heavy atom. The maximum absolute atomic E-state index is 5.40. The molecule has 0 aromatic heterocycles. The predicted molar refractivity (Wildman–Crippen MR) is 67.8 cm³/mol. The minimum atomic E-state index is 0.746. The molecule has 0 amide bonds. The van der Waals surface area contributed by atoms with Crippen molar-refractivity contribution in [1.82, 2.24) is 4.90 Å². The molecule has 1 aromatic carbocycles. The SMILES string of the molecule is COc1cc(C)cc(C)c1CN(C)CS. The summed E-state index contributed by atoms with van der Waals surface area (Å²) in [6.07, 6.45) is 0. The molecule has 84 valence electrons. The zero-order chi connectivity index (χ0) is 11.4. The van der Waals surface area contributed by atoms with Gasteiger partial charge in [0.1, 0.15) is 5.75 Å². The second kappa shape index (κ2) is 5.42. The Balaban J connectivity index is 3.04. The van der Waals surface area contributed by atoms with Gasteiger partial charge in [-0.3, -0.25) is 4.90 Å². The zero-order valence-corrected chi connectivity index (χ0v) is 10.8. The van der Waals surface area contributed by atoms with Gasteiger partial charge in [0.05, 0.1) is 7.11 Å². The van der Waals surface area contributed by atoms with E-state index >= 15 is 0 Å². The molecule has 1 aromatic rings. The van der Waals surface area contributed by atoms with Crippen molar-refractivity contribution in [3.05, 3.63) is 28.8 Å². The lowest BCUT2D eigenvalue weighted by atomic mass is 10.0. The Morgan fingerprint density at radius 1 is 1.33 bits per heavy atom. The van der Waals surface area contributed by atoms with E-state index in [9.17, 15) is 0 Å². The number of nitrogens with zero attached hydrogens (tertiary/aromatic N) is 1. The van der Waals surface area contributed by atoms with Crippen molar-refractivity contribution in [2.75, 3.05) is 20.0 Å². The summed E-state index contributed by atoms with van der Waals surface area (Å²) in [5.41, 5.74) is 3.77. The minimum absolute atomic E-state index is 0.746. The van der Waals surface area contributed by atoms with Gasteiger partial charge >= 0.3 is 0 Å². The predicted octanol–water partition coefficient (Wildman–Crippen LogP) is 2.63. The third kappa shape index (κ3) is 3.14. The van der Waals surface area contributed by atoms with Gasteiger partial charge in [-0.2, -0.15) is 12.6 Å². The molecule has 0 N–H and O–H groups in total. The molecule has 0 saturated heterocycles. The molecule has 0 aliphatic rings. The van der Waals surface area contributed by atoms with Crippen LogP contribution in [0, 0.1) is 13.8 Å². The number of rotatable bonds is 4. The van der Waals surface area contributed by atoms with Crippen LogP contribution >= 0.6 is 12.6 Å². The van der Waals surface area contributed by atoms with Gasteiger partial charge in [0.25, 0.3) is 0 Å². The average Bonchev–Trinajstić information content (AvgIpc) is 2.21. The van der Waals surface area contributed by atoms with Gasteiger partial charge in [-0.15, -0.1) is 0 Å². The largest absolute Gasteiger partial charge is 0.496 e. The summed E-state index contributed by atoms with van der Waals surface area (Å²) in [6, 6.07) is 4.26. The Bertz CT molecular complexity index is 339. The number of hydrogen-bond acceptors (Lipinski definition) is 3. The van der Waals surface area contributed by atoms with Crippen molar-refractivity contribution in [1.29, 1.82) is 0 Å². The van der Waals surface area contributed by atoms with E-state index in [4.69, 9.17) is 4.74 Å². The van der Waals surface area contributed by atoms with Gasteiger partial charge in [-0.1, -0.05) is 6.07 Å². The fourth-order valence-corrected chi connectivity index (χ4v) is 1.76. The number of hydrogen-bond donors (Lipinski definition) is 1. The van der Waals surface area contributed by atoms with Gasteiger partial charge in [-0.05, 0) is 38.1 Å². The summed E-state index contributed by atoms with van der Waals surface area (Å²) in [5, 5.41) is 0. The molecule has 3 heteroatoms. The lowest BCUT2D eigenvalue weighted by Crippen LogP contribution is -2.17. The fraction of sp³-hybridized carbons (Fsp3) is 0.500. The Labute approximate surface area is 97.6 Å². The molecule has 0 fully saturated rings. The molecule has 0 saturated carbocycles. The van der Waals surface area contributed by atoms with E-state index < -0.39 is 0 Å². The molecule has 0 aliphatic carbocycles. The highest BCUT2D eigenvalue weighted by Crippen LogP contribution is 2.25. The Hall–Kier alpha value is -0.670. The highest BCUT2D eigenvalue weighted by Gasteiger charge is 2.09. The first-order valence-corrected chi connectivity index (χ1v) is 5.65. The molecule has 0 spiro atoms. The summed E-state index contributed by atoms with van der Waals surface area (Å²) >= 11 is 4.25. The monoisotopic (exact) mass is 225 g/mol. The fourth-order valence-electron chi connectivity index (χ4n) is 1.66. The van der Waals surface area contributed by atoms with Crippen molar-refractivity contribution in [2.45, 2.75) is 20.4 Å². The lowest BCUT2D eigenvalue weighted by molar-refractivity contribution is 0.362. The number of methoxy groups -OCH3 is 1. The van der Waals surface area contributed by atoms with Crippen molar-refractivity contribution >= 4 is 12.6 Å². The molecular weight excluding hydrogens is 206 g/mol. The van der Waals surface area contributed by atoms with Crippen LogP contribution in [0.5, 0.6) is 5.75 Å². The maximum atomic E-state index is 5.40. The highest BCUT2D eigenvalue weighted by atomic mass is 32.1. The molecule has 15 heavy (non-hydrogen) atoms. The first kappa shape index (κ1) is 12.4. The normalized spacial score (nSPS) is 10.8. The smallest absolute Gasteiger partial charge is 0.123 e. The van der Waals surface area contributed by atoms with Crippen molar-refractivity contribution in [3.8, 4) is 5.75 Å². The van der Waals surface area contributed by atoms with Crippen LogP contribution < -0.4 is 4.74 Å². The van der Waals surface area contributed by atoms with E-state index in [0.29, 0.717) is 0 Å². The Kier molecular flexibility index (Phi) is 4.48. The molecular formula is C12H19NOS. The van der Waals surface area contributed by atoms with Crippen molar-refractivity contribution < 1.29 is 4.74 Å². The average molecular weight is 225 g/mol.